The van der Waals surface area contributed by atoms with Crippen LogP contribution in [0.4, 0.5) is 5.69 Å². The van der Waals surface area contributed by atoms with Crippen molar-refractivity contribution in [2.45, 2.75) is 63.2 Å². The Morgan fingerprint density at radius 2 is 1.63 bits per heavy atom. The van der Waals surface area contributed by atoms with Crippen molar-refractivity contribution >= 4 is 37.2 Å². The molecule has 0 N–H and O–H groups in total. The first-order chi connectivity index (χ1) is 18.2. The maximum Gasteiger partial charge on any atom is 0.179 e. The molecule has 2 aromatic rings. The second kappa shape index (κ2) is 13.9. The number of carbonyl (C=O) groups is 1. The summed E-state index contributed by atoms with van der Waals surface area (Å²) in [6.45, 7) is 5.72. The average Bonchev–Trinajstić information content (AvgIpc) is 2.97. The largest absolute Gasteiger partial charge is 0.491 e. The summed E-state index contributed by atoms with van der Waals surface area (Å²) in [5.74, 6) is -0.0729. The fourth-order valence-electron chi connectivity index (χ4n) is 5.29. The lowest BCUT2D eigenvalue weighted by Crippen LogP contribution is -2.39. The number of ether oxygens (including phenoxy) is 2. The van der Waals surface area contributed by atoms with Gasteiger partial charge in [-0.05, 0) is 54.3 Å². The van der Waals surface area contributed by atoms with Crippen molar-refractivity contribution in [2.75, 3.05) is 49.9 Å². The molecule has 1 heterocycles. The number of fused-ring (bicyclic) bond motifs is 1. The van der Waals surface area contributed by atoms with Crippen LogP contribution >= 0.6 is 15.9 Å². The molecule has 210 valence electrons. The number of halogens is 1. The summed E-state index contributed by atoms with van der Waals surface area (Å²) in [6.07, 6.45) is 4.64. The molecule has 0 aromatic heterocycles. The molecule has 8 heteroatoms. The van der Waals surface area contributed by atoms with Gasteiger partial charge in [0.2, 0.25) is 0 Å². The van der Waals surface area contributed by atoms with E-state index in [4.69, 9.17) is 9.47 Å². The van der Waals surface area contributed by atoms with E-state index < -0.39 is 21.2 Å². The van der Waals surface area contributed by atoms with E-state index >= 15 is 0 Å². The Bertz CT molecular complexity index is 1160. The van der Waals surface area contributed by atoms with Gasteiger partial charge in [0.15, 0.2) is 15.6 Å². The molecule has 3 rings (SSSR count). The van der Waals surface area contributed by atoms with Gasteiger partial charge in [0, 0.05) is 30.5 Å². The Labute approximate surface area is 237 Å². The van der Waals surface area contributed by atoms with Crippen LogP contribution in [0.25, 0.3) is 0 Å². The zero-order chi connectivity index (χ0) is 27.8. The van der Waals surface area contributed by atoms with Crippen LogP contribution in [0.1, 0.15) is 69.4 Å². The molecule has 38 heavy (non-hydrogen) atoms. The van der Waals surface area contributed by atoms with Crippen molar-refractivity contribution in [2.24, 2.45) is 5.41 Å². The number of benzene rings is 2. The zero-order valence-corrected chi connectivity index (χ0v) is 25.6. The summed E-state index contributed by atoms with van der Waals surface area (Å²) in [6, 6.07) is 13.0. The summed E-state index contributed by atoms with van der Waals surface area (Å²) in [4.78, 5) is 16.9. The normalized spacial score (nSPS) is 18.0. The number of Topliss-reactive ketones (excluding diaryl/α,β-unsaturated/α-hetero) is 1. The van der Waals surface area contributed by atoms with E-state index in [9.17, 15) is 13.2 Å². The highest BCUT2D eigenvalue weighted by Gasteiger charge is 2.49. The van der Waals surface area contributed by atoms with Gasteiger partial charge in [0.25, 0.3) is 0 Å². The molecular weight excluding hydrogens is 566 g/mol. The Kier molecular flexibility index (Phi) is 11.2. The predicted molar refractivity (Wildman–Crippen MR) is 158 cm³/mol. The fourth-order valence-corrected chi connectivity index (χ4v) is 7.65. The number of ketones is 1. The molecule has 0 amide bonds. The maximum atomic E-state index is 14.6. The molecule has 0 spiro atoms. The molecular formula is C30H42BrNO5S. The van der Waals surface area contributed by atoms with Crippen LogP contribution in [0.15, 0.2) is 47.4 Å². The van der Waals surface area contributed by atoms with Gasteiger partial charge in [-0.2, -0.15) is 0 Å². The second-order valence-corrected chi connectivity index (χ2v) is 13.1. The number of hydrogen-bond donors (Lipinski definition) is 0. The molecule has 1 atom stereocenters. The minimum absolute atomic E-state index is 0.0227. The average molecular weight is 609 g/mol. The SMILES string of the molecule is CCCCC1(CCCC)CS(=O)(=O)c2ccc(N(C)C)cc2C(c2ccc(OCCOCCBr)cc2)C1=O. The van der Waals surface area contributed by atoms with E-state index in [1.165, 1.54) is 0 Å². The summed E-state index contributed by atoms with van der Waals surface area (Å²) >= 11 is 3.34. The molecule has 1 aliphatic heterocycles. The molecule has 6 nitrogen and oxygen atoms in total. The van der Waals surface area contributed by atoms with Crippen molar-refractivity contribution < 1.29 is 22.7 Å². The van der Waals surface area contributed by atoms with E-state index in [0.717, 1.165) is 42.3 Å². The smallest absolute Gasteiger partial charge is 0.179 e. The molecule has 1 aliphatic rings. The van der Waals surface area contributed by atoms with E-state index in [0.29, 0.717) is 44.0 Å². The third-order valence-electron chi connectivity index (χ3n) is 7.36. The molecule has 2 aromatic carbocycles. The molecule has 0 saturated heterocycles. The predicted octanol–water partition coefficient (Wildman–Crippen LogP) is 6.40. The van der Waals surface area contributed by atoms with Crippen LogP contribution < -0.4 is 9.64 Å². The number of alkyl halides is 1. The molecule has 0 radical (unpaired) electrons. The minimum Gasteiger partial charge on any atom is -0.491 e. The highest BCUT2D eigenvalue weighted by molar-refractivity contribution is 9.09. The third kappa shape index (κ3) is 7.19. The van der Waals surface area contributed by atoms with Gasteiger partial charge in [-0.25, -0.2) is 8.42 Å². The van der Waals surface area contributed by atoms with Gasteiger partial charge in [0.05, 0.1) is 29.8 Å². The summed E-state index contributed by atoms with van der Waals surface area (Å²) in [5.41, 5.74) is 1.33. The minimum atomic E-state index is -3.67. The zero-order valence-electron chi connectivity index (χ0n) is 23.2. The number of anilines is 1. The number of rotatable bonds is 14. The highest BCUT2D eigenvalue weighted by atomic mass is 79.9. The lowest BCUT2D eigenvalue weighted by Gasteiger charge is -2.33. The van der Waals surface area contributed by atoms with Crippen LogP contribution in [-0.2, 0) is 19.4 Å². The molecule has 1 unspecified atom stereocenters. The lowest BCUT2D eigenvalue weighted by molar-refractivity contribution is -0.129. The topological polar surface area (TPSA) is 72.9 Å². The molecule has 0 aliphatic carbocycles. The number of carbonyl (C=O) groups excluding carboxylic acids is 1. The van der Waals surface area contributed by atoms with Crippen molar-refractivity contribution in [3.8, 4) is 5.75 Å². The van der Waals surface area contributed by atoms with Crippen LogP contribution in [0, 0.1) is 5.41 Å². The van der Waals surface area contributed by atoms with Crippen LogP contribution in [0.2, 0.25) is 0 Å². The molecule has 0 fully saturated rings. The molecule has 0 bridgehead atoms. The number of hydrogen-bond acceptors (Lipinski definition) is 6. The monoisotopic (exact) mass is 607 g/mol. The van der Waals surface area contributed by atoms with Gasteiger partial charge in [0.1, 0.15) is 12.4 Å². The van der Waals surface area contributed by atoms with Crippen molar-refractivity contribution in [3.05, 3.63) is 53.6 Å². The van der Waals surface area contributed by atoms with Crippen molar-refractivity contribution in [3.63, 3.8) is 0 Å². The van der Waals surface area contributed by atoms with E-state index in [1.807, 2.05) is 55.4 Å². The third-order valence-corrected chi connectivity index (χ3v) is 9.65. The first-order valence-electron chi connectivity index (χ1n) is 13.6. The maximum absolute atomic E-state index is 14.6. The highest BCUT2D eigenvalue weighted by Crippen LogP contribution is 2.47. The molecule has 0 saturated carbocycles. The van der Waals surface area contributed by atoms with Gasteiger partial charge in [-0.3, -0.25) is 4.79 Å². The van der Waals surface area contributed by atoms with E-state index in [-0.39, 0.29) is 16.4 Å². The van der Waals surface area contributed by atoms with Crippen molar-refractivity contribution in [1.82, 2.24) is 0 Å². The van der Waals surface area contributed by atoms with Gasteiger partial charge >= 0.3 is 0 Å². The second-order valence-electron chi connectivity index (χ2n) is 10.4. The van der Waals surface area contributed by atoms with E-state index in [1.54, 1.807) is 6.07 Å². The fraction of sp³-hybridized carbons (Fsp3) is 0.567. The Hall–Kier alpha value is -1.90. The lowest BCUT2D eigenvalue weighted by atomic mass is 9.69. The summed E-state index contributed by atoms with van der Waals surface area (Å²) in [5, 5.41) is 0.780. The van der Waals surface area contributed by atoms with Gasteiger partial charge in [-0.1, -0.05) is 67.6 Å². The van der Waals surface area contributed by atoms with Crippen molar-refractivity contribution in [1.29, 1.82) is 0 Å². The van der Waals surface area contributed by atoms with Gasteiger partial charge < -0.3 is 14.4 Å². The van der Waals surface area contributed by atoms with Crippen LogP contribution in [0.3, 0.4) is 0 Å². The van der Waals surface area contributed by atoms with Gasteiger partial charge in [-0.15, -0.1) is 0 Å². The Morgan fingerprint density at radius 3 is 2.21 bits per heavy atom. The first-order valence-corrected chi connectivity index (χ1v) is 16.4. The van der Waals surface area contributed by atoms with E-state index in [2.05, 4.69) is 29.8 Å². The summed E-state index contributed by atoms with van der Waals surface area (Å²) < 4.78 is 39.0. The summed E-state index contributed by atoms with van der Waals surface area (Å²) in [7, 11) is 0.169. The number of unbranched alkanes of at least 4 members (excludes halogenated alkanes) is 2. The standard InChI is InChI=1S/C30H42BrNO5S/c1-5-7-15-30(16-8-6-2)22-38(34,35)27-14-11-24(32(3)4)21-26(27)28(29(30)33)23-9-12-25(13-10-23)37-20-19-36-18-17-31/h9-14,21,28H,5-8,15-20,22H2,1-4H3. The first kappa shape index (κ1) is 30.6. The Balaban J connectivity index is 2.10. The Morgan fingerprint density at radius 1 is 0.974 bits per heavy atom. The van der Waals surface area contributed by atoms with Crippen LogP contribution in [-0.4, -0.2) is 59.2 Å². The van der Waals surface area contributed by atoms with Crippen LogP contribution in [0.5, 0.6) is 5.75 Å². The quantitative estimate of drug-likeness (QED) is 0.183. The number of nitrogens with zero attached hydrogens (tertiary/aromatic N) is 1. The number of sulfone groups is 1.